The van der Waals surface area contributed by atoms with Crippen molar-refractivity contribution in [2.75, 3.05) is 35.6 Å². The number of hydrogen-bond acceptors (Lipinski definition) is 5. The maximum Gasteiger partial charge on any atom is 0.253 e. The minimum atomic E-state index is -3.83. The van der Waals surface area contributed by atoms with Crippen LogP contribution in [0.3, 0.4) is 0 Å². The number of rotatable bonds is 8. The number of hydrogen-bond donors (Lipinski definition) is 2. The third-order valence-electron chi connectivity index (χ3n) is 4.83. The van der Waals surface area contributed by atoms with Crippen LogP contribution in [0.2, 0.25) is 10.0 Å². The first-order chi connectivity index (χ1) is 15.1. The molecule has 2 aromatic rings. The van der Waals surface area contributed by atoms with Gasteiger partial charge >= 0.3 is 0 Å². The van der Waals surface area contributed by atoms with E-state index >= 15 is 0 Å². The molecule has 11 heteroatoms. The topological polar surface area (TPSA) is 105 Å². The average molecular weight is 500 g/mol. The zero-order valence-corrected chi connectivity index (χ0v) is 19.6. The molecule has 0 unspecified atom stereocenters. The molecule has 0 aliphatic carbocycles. The van der Waals surface area contributed by atoms with Crippen LogP contribution >= 0.6 is 23.2 Å². The van der Waals surface area contributed by atoms with E-state index in [1.165, 1.54) is 18.2 Å². The number of sulfonamides is 1. The minimum Gasteiger partial charge on any atom is -0.376 e. The number of nitrogens with zero attached hydrogens (tertiary/aromatic N) is 1. The van der Waals surface area contributed by atoms with Crippen LogP contribution in [0.15, 0.2) is 42.5 Å². The van der Waals surface area contributed by atoms with Gasteiger partial charge in [-0.3, -0.25) is 13.9 Å². The van der Waals surface area contributed by atoms with Gasteiger partial charge in [-0.05, 0) is 43.2 Å². The van der Waals surface area contributed by atoms with E-state index in [2.05, 4.69) is 10.6 Å². The Labute approximate surface area is 196 Å². The number of para-hydroxylation sites is 1. The maximum absolute atomic E-state index is 12.7. The molecule has 3 rings (SSSR count). The van der Waals surface area contributed by atoms with Gasteiger partial charge in [0.1, 0.15) is 6.54 Å². The summed E-state index contributed by atoms with van der Waals surface area (Å²) in [6.45, 7) is 0.520. The maximum atomic E-state index is 12.7. The molecule has 0 bridgehead atoms. The number of halogens is 2. The van der Waals surface area contributed by atoms with Crippen LogP contribution < -0.4 is 14.9 Å². The fourth-order valence-electron chi connectivity index (χ4n) is 3.28. The standard InChI is InChI=1S/C21H23Cl2N3O5S/c1-32(29,30)26(19-9-8-14(22)11-17(19)23)13-20(27)25-18-7-3-2-6-16(18)21(28)24-12-15-5-4-10-31-15/h2-3,6-9,11,15H,4-5,10,12-13H2,1H3,(H,24,28)(H,25,27)/t15-/m1/s1. The predicted molar refractivity (Wildman–Crippen MR) is 125 cm³/mol. The molecule has 1 aliphatic heterocycles. The molecule has 0 spiro atoms. The summed E-state index contributed by atoms with van der Waals surface area (Å²) in [6, 6.07) is 10.8. The smallest absolute Gasteiger partial charge is 0.253 e. The summed E-state index contributed by atoms with van der Waals surface area (Å²) in [7, 11) is -3.83. The highest BCUT2D eigenvalue weighted by atomic mass is 35.5. The number of carbonyl (C=O) groups excluding carboxylic acids is 2. The van der Waals surface area contributed by atoms with Gasteiger partial charge in [-0.2, -0.15) is 0 Å². The normalized spacial score (nSPS) is 15.9. The molecule has 0 saturated carbocycles. The summed E-state index contributed by atoms with van der Waals surface area (Å²) < 4.78 is 31.0. The van der Waals surface area contributed by atoms with Gasteiger partial charge in [-0.15, -0.1) is 0 Å². The second kappa shape index (κ2) is 10.5. The Balaban J connectivity index is 1.73. The van der Waals surface area contributed by atoms with Crippen LogP contribution in [-0.4, -0.2) is 52.3 Å². The number of anilines is 2. The van der Waals surface area contributed by atoms with E-state index < -0.39 is 22.5 Å². The molecular formula is C21H23Cl2N3O5S. The lowest BCUT2D eigenvalue weighted by Gasteiger charge is -2.23. The van der Waals surface area contributed by atoms with Gasteiger partial charge in [0.15, 0.2) is 0 Å². The molecule has 0 radical (unpaired) electrons. The van der Waals surface area contributed by atoms with Gasteiger partial charge < -0.3 is 15.4 Å². The van der Waals surface area contributed by atoms with Crippen molar-refractivity contribution in [3.63, 3.8) is 0 Å². The summed E-state index contributed by atoms with van der Waals surface area (Å²) in [5.41, 5.74) is 0.642. The molecule has 2 aromatic carbocycles. The third kappa shape index (κ3) is 6.35. The molecule has 1 fully saturated rings. The van der Waals surface area contributed by atoms with Gasteiger partial charge in [-0.1, -0.05) is 35.3 Å². The lowest BCUT2D eigenvalue weighted by atomic mass is 10.1. The Morgan fingerprint density at radius 1 is 1.19 bits per heavy atom. The zero-order valence-electron chi connectivity index (χ0n) is 17.3. The van der Waals surface area contributed by atoms with Crippen molar-refractivity contribution in [3.8, 4) is 0 Å². The largest absolute Gasteiger partial charge is 0.376 e. The highest BCUT2D eigenvalue weighted by Crippen LogP contribution is 2.30. The van der Waals surface area contributed by atoms with Gasteiger partial charge in [0, 0.05) is 18.2 Å². The summed E-state index contributed by atoms with van der Waals surface area (Å²) in [6.07, 6.45) is 2.79. The van der Waals surface area contributed by atoms with E-state index in [0.717, 1.165) is 23.4 Å². The summed E-state index contributed by atoms with van der Waals surface area (Å²) in [4.78, 5) is 25.4. The van der Waals surface area contributed by atoms with Crippen molar-refractivity contribution in [2.45, 2.75) is 18.9 Å². The summed E-state index contributed by atoms with van der Waals surface area (Å²) in [5, 5.41) is 5.84. The number of amides is 2. The number of carbonyl (C=O) groups is 2. The van der Waals surface area contributed by atoms with Crippen LogP contribution in [0.4, 0.5) is 11.4 Å². The van der Waals surface area contributed by atoms with E-state index in [-0.39, 0.29) is 34.0 Å². The Morgan fingerprint density at radius 2 is 1.94 bits per heavy atom. The summed E-state index contributed by atoms with van der Waals surface area (Å²) >= 11 is 12.0. The lowest BCUT2D eigenvalue weighted by Crippen LogP contribution is -2.38. The van der Waals surface area contributed by atoms with Gasteiger partial charge in [0.05, 0.1) is 34.3 Å². The predicted octanol–water partition coefficient (Wildman–Crippen LogP) is 3.31. The zero-order chi connectivity index (χ0) is 23.3. The quantitative estimate of drug-likeness (QED) is 0.579. The number of nitrogens with one attached hydrogen (secondary N) is 2. The van der Waals surface area contributed by atoms with Crippen LogP contribution in [0.5, 0.6) is 0 Å². The lowest BCUT2D eigenvalue weighted by molar-refractivity contribution is -0.114. The first-order valence-electron chi connectivity index (χ1n) is 9.86. The van der Waals surface area contributed by atoms with Gasteiger partial charge in [0.25, 0.3) is 5.91 Å². The molecule has 1 aliphatic rings. The molecule has 0 aromatic heterocycles. The Bertz CT molecular complexity index is 1100. The fourth-order valence-corrected chi connectivity index (χ4v) is 4.71. The van der Waals surface area contributed by atoms with Crippen molar-refractivity contribution >= 4 is 56.4 Å². The molecule has 2 N–H and O–H groups in total. The van der Waals surface area contributed by atoms with Crippen molar-refractivity contribution in [2.24, 2.45) is 0 Å². The van der Waals surface area contributed by atoms with Crippen molar-refractivity contribution in [1.82, 2.24) is 5.32 Å². The minimum absolute atomic E-state index is 0.0202. The molecule has 1 saturated heterocycles. The van der Waals surface area contributed by atoms with Crippen LogP contribution in [0.25, 0.3) is 0 Å². The first kappa shape index (κ1) is 24.3. The molecule has 8 nitrogen and oxygen atoms in total. The molecule has 32 heavy (non-hydrogen) atoms. The monoisotopic (exact) mass is 499 g/mol. The highest BCUT2D eigenvalue weighted by Gasteiger charge is 2.24. The van der Waals surface area contributed by atoms with Crippen molar-refractivity contribution < 1.29 is 22.7 Å². The number of ether oxygens (including phenoxy) is 1. The van der Waals surface area contributed by atoms with Crippen LogP contribution in [0, 0.1) is 0 Å². The second-order valence-corrected chi connectivity index (χ2v) is 10.1. The number of benzene rings is 2. The fraction of sp³-hybridized carbons (Fsp3) is 0.333. The van der Waals surface area contributed by atoms with Crippen LogP contribution in [-0.2, 0) is 19.6 Å². The van der Waals surface area contributed by atoms with Gasteiger partial charge in [0.2, 0.25) is 15.9 Å². The Kier molecular flexibility index (Phi) is 8.00. The second-order valence-electron chi connectivity index (χ2n) is 7.30. The summed E-state index contributed by atoms with van der Waals surface area (Å²) in [5.74, 6) is -1.00. The van der Waals surface area contributed by atoms with E-state index in [9.17, 15) is 18.0 Å². The molecule has 2 amide bonds. The Morgan fingerprint density at radius 3 is 2.59 bits per heavy atom. The van der Waals surface area contributed by atoms with Crippen molar-refractivity contribution in [1.29, 1.82) is 0 Å². The van der Waals surface area contributed by atoms with E-state index in [1.54, 1.807) is 24.3 Å². The first-order valence-corrected chi connectivity index (χ1v) is 12.5. The van der Waals surface area contributed by atoms with Crippen LogP contribution in [0.1, 0.15) is 23.2 Å². The molecule has 1 heterocycles. The van der Waals surface area contributed by atoms with E-state index in [0.29, 0.717) is 18.2 Å². The molecule has 172 valence electrons. The molecular weight excluding hydrogens is 477 g/mol. The SMILES string of the molecule is CS(=O)(=O)N(CC(=O)Nc1ccccc1C(=O)NC[C@H]1CCCO1)c1ccc(Cl)cc1Cl. The highest BCUT2D eigenvalue weighted by molar-refractivity contribution is 7.92. The third-order valence-corrected chi connectivity index (χ3v) is 6.49. The van der Waals surface area contributed by atoms with Gasteiger partial charge in [-0.25, -0.2) is 8.42 Å². The Hall–Kier alpha value is -2.33. The molecule has 1 atom stereocenters. The van der Waals surface area contributed by atoms with E-state index in [4.69, 9.17) is 27.9 Å². The van der Waals surface area contributed by atoms with E-state index in [1.807, 2.05) is 0 Å². The average Bonchev–Trinajstić information content (AvgIpc) is 3.24. The van der Waals surface area contributed by atoms with Crippen molar-refractivity contribution in [3.05, 3.63) is 58.1 Å².